The summed E-state index contributed by atoms with van der Waals surface area (Å²) >= 11 is 1.63. The van der Waals surface area contributed by atoms with Crippen molar-refractivity contribution in [1.82, 2.24) is 20.5 Å². The number of nitrogens with one attached hydrogen (secondary N) is 2. The third kappa shape index (κ3) is 2.91. The Morgan fingerprint density at radius 1 is 1.65 bits per heavy atom. The SMILES string of the molecule is Cc1csc(C(C)CNC(=O)c2cn[nH]c2)n1. The second-order valence-electron chi connectivity index (χ2n) is 3.93. The molecule has 1 unspecified atom stereocenters. The van der Waals surface area contributed by atoms with Crippen molar-refractivity contribution in [3.63, 3.8) is 0 Å². The fourth-order valence-corrected chi connectivity index (χ4v) is 2.27. The molecule has 2 aromatic heterocycles. The minimum atomic E-state index is -0.112. The first-order valence-corrected chi connectivity index (χ1v) is 6.24. The first-order valence-electron chi connectivity index (χ1n) is 5.36. The third-order valence-corrected chi connectivity index (χ3v) is 3.58. The maximum atomic E-state index is 11.7. The van der Waals surface area contributed by atoms with Crippen LogP contribution in [0, 0.1) is 6.92 Å². The molecule has 2 aromatic rings. The number of aromatic nitrogens is 3. The number of hydrogen-bond donors (Lipinski definition) is 2. The van der Waals surface area contributed by atoms with Crippen LogP contribution in [0.2, 0.25) is 0 Å². The van der Waals surface area contributed by atoms with E-state index in [1.807, 2.05) is 19.2 Å². The van der Waals surface area contributed by atoms with E-state index in [-0.39, 0.29) is 11.8 Å². The van der Waals surface area contributed by atoms with Gasteiger partial charge in [-0.3, -0.25) is 9.89 Å². The van der Waals surface area contributed by atoms with E-state index in [2.05, 4.69) is 20.5 Å². The summed E-state index contributed by atoms with van der Waals surface area (Å²) in [7, 11) is 0. The van der Waals surface area contributed by atoms with Crippen molar-refractivity contribution in [2.75, 3.05) is 6.54 Å². The summed E-state index contributed by atoms with van der Waals surface area (Å²) in [5, 5.41) is 12.3. The number of rotatable bonds is 4. The lowest BCUT2D eigenvalue weighted by Crippen LogP contribution is -2.27. The molecule has 1 atom stereocenters. The lowest BCUT2D eigenvalue weighted by molar-refractivity contribution is 0.0951. The van der Waals surface area contributed by atoms with Gasteiger partial charge in [0, 0.05) is 29.7 Å². The fourth-order valence-electron chi connectivity index (χ4n) is 1.41. The second kappa shape index (κ2) is 5.09. The Hall–Kier alpha value is -1.69. The van der Waals surface area contributed by atoms with Gasteiger partial charge in [-0.25, -0.2) is 4.98 Å². The van der Waals surface area contributed by atoms with Crippen molar-refractivity contribution < 1.29 is 4.79 Å². The molecule has 0 spiro atoms. The standard InChI is InChI=1S/C11H14N4OS/c1-7(11-15-8(2)6-17-11)3-12-10(16)9-4-13-14-5-9/h4-7H,3H2,1-2H3,(H,12,16)(H,13,14). The van der Waals surface area contributed by atoms with Gasteiger partial charge in [0.1, 0.15) is 0 Å². The number of nitrogens with zero attached hydrogens (tertiary/aromatic N) is 2. The highest BCUT2D eigenvalue weighted by Crippen LogP contribution is 2.18. The zero-order valence-corrected chi connectivity index (χ0v) is 10.5. The van der Waals surface area contributed by atoms with Crippen LogP contribution in [0.15, 0.2) is 17.8 Å². The van der Waals surface area contributed by atoms with E-state index in [4.69, 9.17) is 0 Å². The summed E-state index contributed by atoms with van der Waals surface area (Å²) in [6, 6.07) is 0. The summed E-state index contributed by atoms with van der Waals surface area (Å²) in [4.78, 5) is 16.1. The van der Waals surface area contributed by atoms with Gasteiger partial charge in [-0.2, -0.15) is 5.10 Å². The number of carbonyl (C=O) groups is 1. The van der Waals surface area contributed by atoms with Gasteiger partial charge in [-0.1, -0.05) is 6.92 Å². The average molecular weight is 250 g/mol. The number of amides is 1. The van der Waals surface area contributed by atoms with E-state index >= 15 is 0 Å². The molecule has 0 bridgehead atoms. The Labute approximate surface area is 103 Å². The Kier molecular flexibility index (Phi) is 3.53. The molecule has 0 radical (unpaired) electrons. The van der Waals surface area contributed by atoms with E-state index in [0.29, 0.717) is 12.1 Å². The molecule has 0 aliphatic rings. The number of H-pyrrole nitrogens is 1. The molecule has 1 amide bonds. The Bertz CT molecular complexity index is 491. The van der Waals surface area contributed by atoms with Crippen molar-refractivity contribution in [1.29, 1.82) is 0 Å². The lowest BCUT2D eigenvalue weighted by Gasteiger charge is -2.09. The van der Waals surface area contributed by atoms with Gasteiger partial charge in [0.15, 0.2) is 0 Å². The topological polar surface area (TPSA) is 70.7 Å². The molecule has 2 heterocycles. The smallest absolute Gasteiger partial charge is 0.254 e. The first-order chi connectivity index (χ1) is 8.16. The maximum Gasteiger partial charge on any atom is 0.254 e. The van der Waals surface area contributed by atoms with Gasteiger partial charge in [-0.15, -0.1) is 11.3 Å². The van der Waals surface area contributed by atoms with E-state index in [9.17, 15) is 4.79 Å². The van der Waals surface area contributed by atoms with Crippen LogP contribution in [0.25, 0.3) is 0 Å². The van der Waals surface area contributed by atoms with Crippen LogP contribution in [0.4, 0.5) is 0 Å². The first kappa shape index (κ1) is 11.8. The van der Waals surface area contributed by atoms with E-state index in [1.54, 1.807) is 17.5 Å². The zero-order valence-electron chi connectivity index (χ0n) is 9.73. The van der Waals surface area contributed by atoms with Crippen molar-refractivity contribution >= 4 is 17.2 Å². The van der Waals surface area contributed by atoms with Crippen LogP contribution < -0.4 is 5.32 Å². The summed E-state index contributed by atoms with van der Waals surface area (Å²) in [6.07, 6.45) is 3.08. The number of thiazole rings is 1. The molecule has 0 aliphatic heterocycles. The van der Waals surface area contributed by atoms with Crippen LogP contribution >= 0.6 is 11.3 Å². The molecule has 0 saturated heterocycles. The molecule has 0 aromatic carbocycles. The monoisotopic (exact) mass is 250 g/mol. The Morgan fingerprint density at radius 2 is 2.47 bits per heavy atom. The Balaban J connectivity index is 1.88. The zero-order chi connectivity index (χ0) is 12.3. The molecule has 2 rings (SSSR count). The van der Waals surface area contributed by atoms with E-state index in [1.165, 1.54) is 6.20 Å². The Morgan fingerprint density at radius 3 is 3.06 bits per heavy atom. The van der Waals surface area contributed by atoms with Crippen molar-refractivity contribution in [3.05, 3.63) is 34.0 Å². The van der Waals surface area contributed by atoms with Crippen LogP contribution in [0.3, 0.4) is 0 Å². The average Bonchev–Trinajstić information content (AvgIpc) is 2.95. The molecule has 6 heteroatoms. The fraction of sp³-hybridized carbons (Fsp3) is 0.364. The molecule has 0 fully saturated rings. The van der Waals surface area contributed by atoms with Gasteiger partial charge in [0.05, 0.1) is 16.8 Å². The third-order valence-electron chi connectivity index (χ3n) is 2.39. The minimum absolute atomic E-state index is 0.112. The predicted octanol–water partition coefficient (Wildman–Crippen LogP) is 1.71. The van der Waals surface area contributed by atoms with Gasteiger partial charge in [0.25, 0.3) is 5.91 Å². The molecular weight excluding hydrogens is 236 g/mol. The van der Waals surface area contributed by atoms with Crippen molar-refractivity contribution in [3.8, 4) is 0 Å². The minimum Gasteiger partial charge on any atom is -0.351 e. The maximum absolute atomic E-state index is 11.7. The second-order valence-corrected chi connectivity index (χ2v) is 4.81. The van der Waals surface area contributed by atoms with E-state index in [0.717, 1.165) is 10.7 Å². The van der Waals surface area contributed by atoms with Crippen LogP contribution in [0.1, 0.15) is 33.9 Å². The summed E-state index contributed by atoms with van der Waals surface area (Å²) in [5.74, 6) is 0.114. The number of carbonyl (C=O) groups excluding carboxylic acids is 1. The molecule has 90 valence electrons. The number of aromatic amines is 1. The van der Waals surface area contributed by atoms with Crippen molar-refractivity contribution in [2.45, 2.75) is 19.8 Å². The van der Waals surface area contributed by atoms with Crippen molar-refractivity contribution in [2.24, 2.45) is 0 Å². The molecule has 17 heavy (non-hydrogen) atoms. The van der Waals surface area contributed by atoms with Crippen LogP contribution in [0.5, 0.6) is 0 Å². The molecule has 2 N–H and O–H groups in total. The number of hydrogen-bond acceptors (Lipinski definition) is 4. The van der Waals surface area contributed by atoms with Crippen LogP contribution in [-0.2, 0) is 0 Å². The molecule has 5 nitrogen and oxygen atoms in total. The van der Waals surface area contributed by atoms with Gasteiger partial charge in [0.2, 0.25) is 0 Å². The molecule has 0 saturated carbocycles. The van der Waals surface area contributed by atoms with Gasteiger partial charge < -0.3 is 5.32 Å². The molecular formula is C11H14N4OS. The summed E-state index contributed by atoms with van der Waals surface area (Å²) in [5.41, 5.74) is 1.57. The number of aryl methyl sites for hydroxylation is 1. The highest BCUT2D eigenvalue weighted by atomic mass is 32.1. The largest absolute Gasteiger partial charge is 0.351 e. The van der Waals surface area contributed by atoms with Gasteiger partial charge >= 0.3 is 0 Å². The highest BCUT2D eigenvalue weighted by Gasteiger charge is 2.12. The predicted molar refractivity (Wildman–Crippen MR) is 66.2 cm³/mol. The normalized spacial score (nSPS) is 12.4. The summed E-state index contributed by atoms with van der Waals surface area (Å²) < 4.78 is 0. The lowest BCUT2D eigenvalue weighted by atomic mass is 10.2. The van der Waals surface area contributed by atoms with Gasteiger partial charge in [-0.05, 0) is 6.92 Å². The highest BCUT2D eigenvalue weighted by molar-refractivity contribution is 7.09. The van der Waals surface area contributed by atoms with Crippen LogP contribution in [-0.4, -0.2) is 27.6 Å². The quantitative estimate of drug-likeness (QED) is 0.867. The summed E-state index contributed by atoms with van der Waals surface area (Å²) in [6.45, 7) is 4.60. The molecule has 0 aliphatic carbocycles. The van der Waals surface area contributed by atoms with E-state index < -0.39 is 0 Å².